The van der Waals surface area contributed by atoms with E-state index in [-0.39, 0.29) is 0 Å². The molecule has 4 aromatic rings. The van der Waals surface area contributed by atoms with E-state index >= 15 is 0 Å². The minimum absolute atomic E-state index is 0.485. The molecule has 0 amide bonds. The number of rotatable bonds is 3. The number of anilines is 1. The number of imidazole rings is 1. The number of fused-ring (bicyclic) bond motifs is 4. The van der Waals surface area contributed by atoms with Crippen LogP contribution < -0.4 is 10.2 Å². The maximum Gasteiger partial charge on any atom is 0.167 e. The van der Waals surface area contributed by atoms with Gasteiger partial charge in [-0.25, -0.2) is 9.97 Å². The van der Waals surface area contributed by atoms with Gasteiger partial charge in [-0.05, 0) is 55.3 Å². The molecule has 1 N–H and O–H groups in total. The fraction of sp³-hybridized carbons (Fsp3) is 0.261. The summed E-state index contributed by atoms with van der Waals surface area (Å²) in [6, 6.07) is 14.6. The third kappa shape index (κ3) is 3.35. The van der Waals surface area contributed by atoms with Crippen molar-refractivity contribution in [2.24, 2.45) is 0 Å². The zero-order valence-electron chi connectivity index (χ0n) is 16.7. The van der Waals surface area contributed by atoms with Gasteiger partial charge < -0.3 is 10.2 Å². The predicted molar refractivity (Wildman–Crippen MR) is 124 cm³/mol. The monoisotopic (exact) mass is 450 g/mol. The lowest BCUT2D eigenvalue weighted by molar-refractivity contribution is 0.289. The van der Waals surface area contributed by atoms with Gasteiger partial charge in [-0.1, -0.05) is 23.2 Å². The van der Waals surface area contributed by atoms with Gasteiger partial charge in [0.1, 0.15) is 17.2 Å². The highest BCUT2D eigenvalue weighted by Crippen LogP contribution is 2.33. The number of hydrogen-bond donors (Lipinski definition) is 1. The molecule has 6 nitrogen and oxygen atoms in total. The quantitative estimate of drug-likeness (QED) is 0.488. The Hall–Kier alpha value is -2.67. The maximum absolute atomic E-state index is 6.30. The van der Waals surface area contributed by atoms with E-state index in [1.807, 2.05) is 24.3 Å². The molecule has 7 rings (SSSR count). The molecule has 3 aliphatic heterocycles. The van der Waals surface area contributed by atoms with Crippen molar-refractivity contribution in [3.8, 4) is 17.1 Å². The van der Waals surface area contributed by atoms with Crippen LogP contribution in [0.3, 0.4) is 0 Å². The lowest BCUT2D eigenvalue weighted by Gasteiger charge is -2.46. The molecular weight excluding hydrogens is 431 g/mol. The SMILES string of the molecule is Clc1cc(Cl)cc(-c2nc3ccc(N4CC5CCC4CN5)nc3n2-c2ccncc2)c1. The summed E-state index contributed by atoms with van der Waals surface area (Å²) < 4.78 is 2.06. The Balaban J connectivity index is 1.55. The van der Waals surface area contributed by atoms with E-state index in [1.165, 1.54) is 12.8 Å². The Morgan fingerprint density at radius 2 is 1.74 bits per heavy atom. The number of halogens is 2. The second-order valence-electron chi connectivity index (χ2n) is 8.14. The van der Waals surface area contributed by atoms with E-state index in [2.05, 4.69) is 31.9 Å². The van der Waals surface area contributed by atoms with Crippen LogP contribution in [0, 0.1) is 0 Å². The predicted octanol–water partition coefficient (Wildman–Crippen LogP) is 4.73. The van der Waals surface area contributed by atoms with Gasteiger partial charge in [-0.2, -0.15) is 0 Å². The van der Waals surface area contributed by atoms with Crippen molar-refractivity contribution < 1.29 is 0 Å². The van der Waals surface area contributed by atoms with Crippen LogP contribution in [0.1, 0.15) is 12.8 Å². The largest absolute Gasteiger partial charge is 0.351 e. The Morgan fingerprint density at radius 3 is 2.42 bits per heavy atom. The lowest BCUT2D eigenvalue weighted by Crippen LogP contribution is -2.61. The first-order valence-electron chi connectivity index (χ1n) is 10.4. The summed E-state index contributed by atoms with van der Waals surface area (Å²) in [5.41, 5.74) is 3.42. The van der Waals surface area contributed by atoms with E-state index in [9.17, 15) is 0 Å². The van der Waals surface area contributed by atoms with Crippen molar-refractivity contribution in [2.45, 2.75) is 24.9 Å². The third-order valence-electron chi connectivity index (χ3n) is 6.17. The van der Waals surface area contributed by atoms with Crippen molar-refractivity contribution in [1.82, 2.24) is 24.8 Å². The van der Waals surface area contributed by atoms with E-state index < -0.39 is 0 Å². The number of benzene rings is 1. The molecule has 0 aliphatic carbocycles. The maximum atomic E-state index is 6.30. The molecule has 1 aromatic carbocycles. The molecule has 3 saturated heterocycles. The van der Waals surface area contributed by atoms with Gasteiger partial charge in [0.25, 0.3) is 0 Å². The first-order valence-corrected chi connectivity index (χ1v) is 11.2. The average molecular weight is 451 g/mol. The topological polar surface area (TPSA) is 58.9 Å². The van der Waals surface area contributed by atoms with Gasteiger partial charge >= 0.3 is 0 Å². The van der Waals surface area contributed by atoms with Crippen LogP contribution in [-0.4, -0.2) is 44.7 Å². The fourth-order valence-corrected chi connectivity index (χ4v) is 5.24. The van der Waals surface area contributed by atoms with Crippen molar-refractivity contribution in [3.05, 3.63) is 64.9 Å². The van der Waals surface area contributed by atoms with Gasteiger partial charge in [-0.15, -0.1) is 0 Å². The summed E-state index contributed by atoms with van der Waals surface area (Å²) in [6.07, 6.45) is 5.98. The van der Waals surface area contributed by atoms with E-state index in [4.69, 9.17) is 33.2 Å². The molecule has 2 bridgehead atoms. The summed E-state index contributed by atoms with van der Waals surface area (Å²) in [7, 11) is 0. The zero-order valence-corrected chi connectivity index (χ0v) is 18.2. The molecule has 3 aliphatic rings. The molecule has 2 atom stereocenters. The van der Waals surface area contributed by atoms with Gasteiger partial charge in [-0.3, -0.25) is 9.55 Å². The van der Waals surface area contributed by atoms with Crippen molar-refractivity contribution >= 4 is 40.2 Å². The number of piperazine rings is 1. The number of pyridine rings is 2. The minimum atomic E-state index is 0.485. The first-order chi connectivity index (χ1) is 15.2. The van der Waals surface area contributed by atoms with Crippen LogP contribution in [0.2, 0.25) is 10.0 Å². The second-order valence-corrected chi connectivity index (χ2v) is 9.01. The lowest BCUT2D eigenvalue weighted by atomic mass is 9.93. The average Bonchev–Trinajstić information content (AvgIpc) is 3.18. The molecule has 3 aromatic heterocycles. The van der Waals surface area contributed by atoms with Gasteiger partial charge in [0, 0.05) is 53.2 Å². The fourth-order valence-electron chi connectivity index (χ4n) is 4.71. The Labute approximate surface area is 189 Å². The van der Waals surface area contributed by atoms with Gasteiger partial charge in [0.05, 0.1) is 5.69 Å². The van der Waals surface area contributed by atoms with Crippen LogP contribution >= 0.6 is 23.2 Å². The number of hydrogen-bond acceptors (Lipinski definition) is 5. The van der Waals surface area contributed by atoms with Gasteiger partial charge in [0.2, 0.25) is 0 Å². The molecule has 3 fully saturated rings. The number of nitrogens with one attached hydrogen (secondary N) is 1. The van der Waals surface area contributed by atoms with E-state index in [0.717, 1.165) is 47.1 Å². The summed E-state index contributed by atoms with van der Waals surface area (Å²) >= 11 is 12.6. The van der Waals surface area contributed by atoms with Crippen LogP contribution in [0.15, 0.2) is 54.9 Å². The highest BCUT2D eigenvalue weighted by atomic mass is 35.5. The molecular formula is C23H20Cl2N6. The normalized spacial score (nSPS) is 20.5. The molecule has 0 spiro atoms. The molecule has 6 heterocycles. The first kappa shape index (κ1) is 19.0. The molecule has 31 heavy (non-hydrogen) atoms. The van der Waals surface area contributed by atoms with Crippen LogP contribution in [0.4, 0.5) is 5.82 Å². The molecule has 0 radical (unpaired) electrons. The molecule has 0 saturated carbocycles. The second kappa shape index (κ2) is 7.48. The van der Waals surface area contributed by atoms with Crippen LogP contribution in [0.25, 0.3) is 28.2 Å². The molecule has 2 unspecified atom stereocenters. The third-order valence-corrected chi connectivity index (χ3v) is 6.61. The van der Waals surface area contributed by atoms with Crippen molar-refractivity contribution in [1.29, 1.82) is 0 Å². The van der Waals surface area contributed by atoms with Crippen LogP contribution in [-0.2, 0) is 0 Å². The Morgan fingerprint density at radius 1 is 0.935 bits per heavy atom. The Bertz CT molecular complexity index is 1240. The number of nitrogens with zero attached hydrogens (tertiary/aromatic N) is 5. The zero-order chi connectivity index (χ0) is 20.9. The molecule has 8 heteroatoms. The summed E-state index contributed by atoms with van der Waals surface area (Å²) in [5, 5.41) is 4.75. The minimum Gasteiger partial charge on any atom is -0.351 e. The standard InChI is InChI=1S/C23H20Cl2N6/c24-15-9-14(10-16(25)11-15)22-28-20-3-4-21(30-13-17-1-2-19(30)12-27-17)29-23(20)31(22)18-5-7-26-8-6-18/h3-11,17,19,27H,1-2,12-13H2. The van der Waals surface area contributed by atoms with E-state index in [1.54, 1.807) is 18.5 Å². The summed E-state index contributed by atoms with van der Waals surface area (Å²) in [6.45, 7) is 2.00. The highest BCUT2D eigenvalue weighted by Gasteiger charge is 2.34. The van der Waals surface area contributed by atoms with Crippen molar-refractivity contribution in [3.63, 3.8) is 0 Å². The molecule has 156 valence electrons. The van der Waals surface area contributed by atoms with Gasteiger partial charge in [0.15, 0.2) is 5.65 Å². The smallest absolute Gasteiger partial charge is 0.167 e. The Kier molecular flexibility index (Phi) is 4.60. The summed E-state index contributed by atoms with van der Waals surface area (Å²) in [4.78, 5) is 16.6. The summed E-state index contributed by atoms with van der Waals surface area (Å²) in [5.74, 6) is 1.74. The van der Waals surface area contributed by atoms with Crippen LogP contribution in [0.5, 0.6) is 0 Å². The number of aromatic nitrogens is 4. The van der Waals surface area contributed by atoms with Crippen molar-refractivity contribution in [2.75, 3.05) is 18.0 Å². The van der Waals surface area contributed by atoms with E-state index in [0.29, 0.717) is 22.1 Å². The number of piperidine rings is 2. The highest BCUT2D eigenvalue weighted by molar-refractivity contribution is 6.35.